The number of benzene rings is 1. The summed E-state index contributed by atoms with van der Waals surface area (Å²) < 4.78 is 11.6. The summed E-state index contributed by atoms with van der Waals surface area (Å²) in [5.74, 6) is 1.29. The van der Waals surface area contributed by atoms with Crippen LogP contribution in [-0.4, -0.2) is 64.5 Å². The van der Waals surface area contributed by atoms with E-state index in [9.17, 15) is 9.90 Å². The lowest BCUT2D eigenvalue weighted by molar-refractivity contribution is 0.0940. The summed E-state index contributed by atoms with van der Waals surface area (Å²) in [5.41, 5.74) is 3.12. The Balaban J connectivity index is 1.21. The molecule has 2 aliphatic carbocycles. The molecule has 0 spiro atoms. The van der Waals surface area contributed by atoms with Crippen molar-refractivity contribution in [2.75, 3.05) is 31.1 Å². The molecule has 1 N–H and O–H groups in total. The molecule has 1 amide bonds. The van der Waals surface area contributed by atoms with E-state index < -0.39 is 6.10 Å². The highest BCUT2D eigenvalue weighted by Gasteiger charge is 2.28. The number of aryl methyl sites for hydroxylation is 1. The monoisotopic (exact) mass is 436 g/mol. The van der Waals surface area contributed by atoms with Gasteiger partial charge in [-0.2, -0.15) is 4.98 Å². The highest BCUT2D eigenvalue weighted by molar-refractivity contribution is 5.68. The van der Waals surface area contributed by atoms with Crippen LogP contribution in [0.3, 0.4) is 0 Å². The van der Waals surface area contributed by atoms with E-state index in [1.165, 1.54) is 0 Å². The van der Waals surface area contributed by atoms with Crippen LogP contribution in [0, 0.1) is 0 Å². The SMILES string of the molecule is O=C(OCc1ccccc1)N1CCN(c2nc3c(c(OC4C=CC(O)C4)n2)CCC3)CC1. The smallest absolute Gasteiger partial charge is 0.410 e. The van der Waals surface area contributed by atoms with E-state index in [0.29, 0.717) is 44.4 Å². The van der Waals surface area contributed by atoms with Crippen molar-refractivity contribution < 1.29 is 19.4 Å². The first-order valence-corrected chi connectivity index (χ1v) is 11.3. The molecule has 0 saturated carbocycles. The molecule has 1 aliphatic heterocycles. The summed E-state index contributed by atoms with van der Waals surface area (Å²) in [6, 6.07) is 9.69. The number of aromatic nitrogens is 2. The van der Waals surface area contributed by atoms with Crippen LogP contribution in [0.1, 0.15) is 29.7 Å². The third-order valence-corrected chi connectivity index (χ3v) is 6.19. The Morgan fingerprint density at radius 2 is 1.88 bits per heavy atom. The number of aliphatic hydroxyl groups excluding tert-OH is 1. The summed E-state index contributed by atoms with van der Waals surface area (Å²) in [5, 5.41) is 9.75. The number of ether oxygens (including phenoxy) is 2. The normalized spacial score (nSPS) is 22.2. The van der Waals surface area contributed by atoms with E-state index >= 15 is 0 Å². The van der Waals surface area contributed by atoms with Crippen molar-refractivity contribution in [3.05, 3.63) is 59.3 Å². The van der Waals surface area contributed by atoms with Gasteiger partial charge in [-0.25, -0.2) is 9.78 Å². The summed E-state index contributed by atoms with van der Waals surface area (Å²) >= 11 is 0. The number of nitrogens with zero attached hydrogens (tertiary/aromatic N) is 4. The first-order valence-electron chi connectivity index (χ1n) is 11.3. The van der Waals surface area contributed by atoms with Crippen LogP contribution in [0.2, 0.25) is 0 Å². The van der Waals surface area contributed by atoms with Gasteiger partial charge in [-0.3, -0.25) is 0 Å². The van der Waals surface area contributed by atoms with Crippen LogP contribution in [0.15, 0.2) is 42.5 Å². The minimum Gasteiger partial charge on any atom is -0.470 e. The van der Waals surface area contributed by atoms with Crippen LogP contribution in [0.25, 0.3) is 0 Å². The van der Waals surface area contributed by atoms with Crippen LogP contribution in [0.4, 0.5) is 10.7 Å². The molecule has 2 unspecified atom stereocenters. The van der Waals surface area contributed by atoms with E-state index in [1.807, 2.05) is 36.4 Å². The van der Waals surface area contributed by atoms with Crippen LogP contribution in [0.5, 0.6) is 5.88 Å². The Morgan fingerprint density at radius 1 is 1.06 bits per heavy atom. The molecule has 1 aromatic carbocycles. The maximum absolute atomic E-state index is 12.4. The quantitative estimate of drug-likeness (QED) is 0.721. The van der Waals surface area contributed by atoms with Gasteiger partial charge in [0.15, 0.2) is 0 Å². The fraction of sp³-hybridized carbons (Fsp3) is 0.458. The molecule has 32 heavy (non-hydrogen) atoms. The minimum atomic E-state index is -0.455. The fourth-order valence-electron chi connectivity index (χ4n) is 4.40. The van der Waals surface area contributed by atoms with Gasteiger partial charge in [-0.15, -0.1) is 0 Å². The zero-order valence-corrected chi connectivity index (χ0v) is 18.0. The highest BCUT2D eigenvalue weighted by Crippen LogP contribution is 2.32. The van der Waals surface area contributed by atoms with Gasteiger partial charge in [0.1, 0.15) is 12.7 Å². The summed E-state index contributed by atoms with van der Waals surface area (Å²) in [6.45, 7) is 2.67. The summed E-state index contributed by atoms with van der Waals surface area (Å²) in [7, 11) is 0. The van der Waals surface area contributed by atoms with E-state index in [2.05, 4.69) is 4.90 Å². The molecular formula is C24H28N4O4. The number of hydrogen-bond acceptors (Lipinski definition) is 7. The number of fused-ring (bicyclic) bond motifs is 1. The molecule has 1 saturated heterocycles. The molecule has 1 aromatic heterocycles. The Kier molecular flexibility index (Phi) is 5.94. The van der Waals surface area contributed by atoms with Crippen molar-refractivity contribution >= 4 is 12.0 Å². The molecule has 0 bridgehead atoms. The van der Waals surface area contributed by atoms with Crippen LogP contribution < -0.4 is 9.64 Å². The van der Waals surface area contributed by atoms with Crippen molar-refractivity contribution in [1.82, 2.24) is 14.9 Å². The molecule has 8 heteroatoms. The van der Waals surface area contributed by atoms with Gasteiger partial charge >= 0.3 is 6.09 Å². The number of hydrogen-bond donors (Lipinski definition) is 1. The summed E-state index contributed by atoms with van der Waals surface area (Å²) in [4.78, 5) is 25.8. The number of carbonyl (C=O) groups excluding carboxylic acids is 1. The van der Waals surface area contributed by atoms with Gasteiger partial charge < -0.3 is 24.4 Å². The molecule has 8 nitrogen and oxygen atoms in total. The van der Waals surface area contributed by atoms with Crippen LogP contribution >= 0.6 is 0 Å². The number of carbonyl (C=O) groups is 1. The van der Waals surface area contributed by atoms with E-state index in [1.54, 1.807) is 11.0 Å². The Hall–Kier alpha value is -3.13. The van der Waals surface area contributed by atoms with Gasteiger partial charge in [0.2, 0.25) is 11.8 Å². The molecule has 2 heterocycles. The third-order valence-electron chi connectivity index (χ3n) is 6.19. The average molecular weight is 437 g/mol. The highest BCUT2D eigenvalue weighted by atomic mass is 16.6. The zero-order chi connectivity index (χ0) is 21.9. The zero-order valence-electron chi connectivity index (χ0n) is 18.0. The fourth-order valence-corrected chi connectivity index (χ4v) is 4.40. The molecule has 2 atom stereocenters. The standard InChI is InChI=1S/C24H28N4O4/c29-18-9-10-19(15-18)32-22-20-7-4-8-21(20)25-23(26-22)27-11-13-28(14-12-27)24(30)31-16-17-5-2-1-3-6-17/h1-3,5-6,9-10,18-19,29H,4,7-8,11-16H2. The maximum Gasteiger partial charge on any atom is 0.410 e. The molecule has 1 fully saturated rings. The van der Waals surface area contributed by atoms with Crippen molar-refractivity contribution in [3.8, 4) is 5.88 Å². The van der Waals surface area contributed by atoms with Crippen molar-refractivity contribution in [1.29, 1.82) is 0 Å². The second kappa shape index (κ2) is 9.16. The molecule has 168 valence electrons. The van der Waals surface area contributed by atoms with Crippen molar-refractivity contribution in [3.63, 3.8) is 0 Å². The lowest BCUT2D eigenvalue weighted by atomic mass is 10.2. The predicted octanol–water partition coefficient (Wildman–Crippen LogP) is 2.49. The largest absolute Gasteiger partial charge is 0.470 e. The first-order chi connectivity index (χ1) is 15.7. The number of amides is 1. The molecule has 0 radical (unpaired) electrons. The van der Waals surface area contributed by atoms with Gasteiger partial charge in [-0.1, -0.05) is 36.4 Å². The molecule has 3 aliphatic rings. The number of rotatable bonds is 5. The topological polar surface area (TPSA) is 88.0 Å². The van der Waals surface area contributed by atoms with Gasteiger partial charge in [0.05, 0.1) is 11.8 Å². The van der Waals surface area contributed by atoms with E-state index in [0.717, 1.165) is 36.1 Å². The lowest BCUT2D eigenvalue weighted by Gasteiger charge is -2.34. The second-order valence-electron chi connectivity index (χ2n) is 8.47. The molecular weight excluding hydrogens is 408 g/mol. The lowest BCUT2D eigenvalue weighted by Crippen LogP contribution is -2.49. The average Bonchev–Trinajstić information content (AvgIpc) is 3.47. The summed E-state index contributed by atoms with van der Waals surface area (Å²) in [6.07, 6.45) is 6.21. The maximum atomic E-state index is 12.4. The van der Waals surface area contributed by atoms with Crippen molar-refractivity contribution in [2.45, 2.75) is 44.5 Å². The van der Waals surface area contributed by atoms with Crippen molar-refractivity contribution in [2.24, 2.45) is 0 Å². The first kappa shape index (κ1) is 20.8. The molecule has 5 rings (SSSR count). The Labute approximate surface area is 187 Å². The van der Waals surface area contributed by atoms with Gasteiger partial charge in [0, 0.05) is 38.2 Å². The third kappa shape index (κ3) is 4.55. The Bertz CT molecular complexity index is 989. The number of aliphatic hydroxyl groups is 1. The Morgan fingerprint density at radius 3 is 2.62 bits per heavy atom. The second-order valence-corrected chi connectivity index (χ2v) is 8.47. The van der Waals surface area contributed by atoms with E-state index in [-0.39, 0.29) is 18.8 Å². The van der Waals surface area contributed by atoms with Crippen LogP contribution in [-0.2, 0) is 24.2 Å². The number of piperazine rings is 1. The van der Waals surface area contributed by atoms with Gasteiger partial charge in [0.25, 0.3) is 0 Å². The van der Waals surface area contributed by atoms with E-state index in [4.69, 9.17) is 19.4 Å². The van der Waals surface area contributed by atoms with Gasteiger partial charge in [-0.05, 0) is 30.9 Å². The predicted molar refractivity (Wildman–Crippen MR) is 119 cm³/mol. The minimum absolute atomic E-state index is 0.159. The molecule has 2 aromatic rings. The number of anilines is 1.